The Balaban J connectivity index is 1.88. The van der Waals surface area contributed by atoms with Crippen molar-refractivity contribution in [2.45, 2.75) is 25.4 Å². The molecule has 5 heteroatoms. The van der Waals surface area contributed by atoms with Gasteiger partial charge < -0.3 is 5.11 Å². The Morgan fingerprint density at radius 1 is 1.38 bits per heavy atom. The largest absolute Gasteiger partial charge is 0.393 e. The summed E-state index contributed by atoms with van der Waals surface area (Å²) in [5.41, 5.74) is 0. The van der Waals surface area contributed by atoms with Crippen molar-refractivity contribution >= 4 is 10.0 Å². The molecule has 1 aliphatic carbocycles. The van der Waals surface area contributed by atoms with Crippen molar-refractivity contribution in [3.05, 3.63) is 0 Å². The average molecular weight is 205 g/mol. The summed E-state index contributed by atoms with van der Waals surface area (Å²) in [5.74, 6) is 0.699. The third-order valence-electron chi connectivity index (χ3n) is 2.88. The van der Waals surface area contributed by atoms with Crippen LogP contribution in [0.2, 0.25) is 0 Å². The van der Waals surface area contributed by atoms with Gasteiger partial charge in [-0.25, -0.2) is 12.7 Å². The first-order valence-electron chi connectivity index (χ1n) is 4.74. The van der Waals surface area contributed by atoms with Gasteiger partial charge in [-0.15, -0.1) is 0 Å². The third-order valence-corrected chi connectivity index (χ3v) is 4.80. The summed E-state index contributed by atoms with van der Waals surface area (Å²) in [5, 5.41) is 9.05. The molecule has 2 rings (SSSR count). The van der Waals surface area contributed by atoms with Gasteiger partial charge in [0.25, 0.3) is 0 Å². The maximum atomic E-state index is 11.4. The van der Waals surface area contributed by atoms with E-state index in [1.54, 1.807) is 4.31 Å². The molecular formula is C8H15NO3S. The summed E-state index contributed by atoms with van der Waals surface area (Å²) < 4.78 is 24.3. The fraction of sp³-hybridized carbons (Fsp3) is 1.00. The van der Waals surface area contributed by atoms with E-state index in [1.165, 1.54) is 0 Å². The molecule has 0 unspecified atom stereocenters. The van der Waals surface area contributed by atoms with Gasteiger partial charge in [-0.2, -0.15) is 0 Å². The van der Waals surface area contributed by atoms with Crippen molar-refractivity contribution in [3.8, 4) is 0 Å². The number of hydrogen-bond donors (Lipinski definition) is 1. The maximum absolute atomic E-state index is 11.4. The lowest BCUT2D eigenvalue weighted by Crippen LogP contribution is -2.39. The van der Waals surface area contributed by atoms with E-state index in [-0.39, 0.29) is 6.10 Å². The highest BCUT2D eigenvalue weighted by Crippen LogP contribution is 2.29. The number of aliphatic hydroxyl groups is 1. The molecule has 0 bridgehead atoms. The van der Waals surface area contributed by atoms with Crippen LogP contribution in [0.25, 0.3) is 0 Å². The molecule has 0 aromatic rings. The van der Waals surface area contributed by atoms with E-state index >= 15 is 0 Å². The molecular weight excluding hydrogens is 190 g/mol. The molecule has 0 spiro atoms. The molecule has 0 aromatic heterocycles. The highest BCUT2D eigenvalue weighted by molar-refractivity contribution is 7.89. The predicted molar refractivity (Wildman–Crippen MR) is 48.7 cm³/mol. The van der Waals surface area contributed by atoms with Crippen molar-refractivity contribution in [2.75, 3.05) is 18.8 Å². The first-order chi connectivity index (χ1) is 6.08. The second kappa shape index (κ2) is 3.22. The Bertz CT molecular complexity index is 282. The number of nitrogens with zero attached hydrogens (tertiary/aromatic N) is 1. The first kappa shape index (κ1) is 9.43. The number of hydrogen-bond acceptors (Lipinski definition) is 3. The molecule has 13 heavy (non-hydrogen) atoms. The summed E-state index contributed by atoms with van der Waals surface area (Å²) in [6, 6.07) is 0. The van der Waals surface area contributed by atoms with E-state index < -0.39 is 10.0 Å². The molecule has 1 aliphatic heterocycles. The molecule has 76 valence electrons. The Morgan fingerprint density at radius 3 is 2.54 bits per heavy atom. The van der Waals surface area contributed by atoms with E-state index in [4.69, 9.17) is 5.11 Å². The molecule has 1 saturated carbocycles. The third kappa shape index (κ3) is 1.87. The molecule has 0 atom stereocenters. The summed E-state index contributed by atoms with van der Waals surface area (Å²) >= 11 is 0. The van der Waals surface area contributed by atoms with Gasteiger partial charge in [0.05, 0.1) is 11.9 Å². The SMILES string of the molecule is O=S1(=O)CCCN1CC1CC(O)C1. The fourth-order valence-corrected chi connectivity index (χ4v) is 3.63. The zero-order chi connectivity index (χ0) is 9.47. The van der Waals surface area contributed by atoms with Crippen LogP contribution < -0.4 is 0 Å². The van der Waals surface area contributed by atoms with Crippen molar-refractivity contribution in [1.29, 1.82) is 0 Å². The second-order valence-electron chi connectivity index (χ2n) is 4.02. The fourth-order valence-electron chi connectivity index (χ4n) is 2.03. The molecule has 1 saturated heterocycles. The van der Waals surface area contributed by atoms with Gasteiger partial charge in [0.2, 0.25) is 10.0 Å². The zero-order valence-corrected chi connectivity index (χ0v) is 8.33. The van der Waals surface area contributed by atoms with Crippen LogP contribution in [0.15, 0.2) is 0 Å². The van der Waals surface area contributed by atoms with Gasteiger partial charge in [-0.1, -0.05) is 0 Å². The lowest BCUT2D eigenvalue weighted by Gasteiger charge is -2.33. The van der Waals surface area contributed by atoms with E-state index in [0.29, 0.717) is 24.8 Å². The van der Waals surface area contributed by atoms with Crippen LogP contribution >= 0.6 is 0 Å². The molecule has 0 amide bonds. The summed E-state index contributed by atoms with van der Waals surface area (Å²) in [4.78, 5) is 0. The molecule has 2 fully saturated rings. The molecule has 1 N–H and O–H groups in total. The average Bonchev–Trinajstić information content (AvgIpc) is 2.28. The Hall–Kier alpha value is -0.130. The van der Waals surface area contributed by atoms with E-state index in [0.717, 1.165) is 19.3 Å². The number of rotatable bonds is 2. The summed E-state index contributed by atoms with van der Waals surface area (Å²) in [6.07, 6.45) is 2.12. The van der Waals surface area contributed by atoms with E-state index in [9.17, 15) is 8.42 Å². The molecule has 4 nitrogen and oxygen atoms in total. The Kier molecular flexibility index (Phi) is 2.33. The van der Waals surface area contributed by atoms with Crippen molar-refractivity contribution in [2.24, 2.45) is 5.92 Å². The smallest absolute Gasteiger partial charge is 0.214 e. The first-order valence-corrected chi connectivity index (χ1v) is 6.35. The number of sulfonamides is 1. The zero-order valence-electron chi connectivity index (χ0n) is 7.52. The minimum atomic E-state index is -2.92. The van der Waals surface area contributed by atoms with Crippen LogP contribution in [0.4, 0.5) is 0 Å². The monoisotopic (exact) mass is 205 g/mol. The van der Waals surface area contributed by atoms with Crippen LogP contribution in [0.1, 0.15) is 19.3 Å². The van der Waals surface area contributed by atoms with Crippen LogP contribution in [-0.2, 0) is 10.0 Å². The van der Waals surface area contributed by atoms with Crippen molar-refractivity contribution in [3.63, 3.8) is 0 Å². The topological polar surface area (TPSA) is 57.6 Å². The van der Waals surface area contributed by atoms with Gasteiger partial charge in [0.15, 0.2) is 0 Å². The van der Waals surface area contributed by atoms with Crippen LogP contribution in [0.3, 0.4) is 0 Å². The van der Waals surface area contributed by atoms with Crippen molar-refractivity contribution < 1.29 is 13.5 Å². The van der Waals surface area contributed by atoms with E-state index in [2.05, 4.69) is 0 Å². The van der Waals surface area contributed by atoms with Gasteiger partial charge >= 0.3 is 0 Å². The quantitative estimate of drug-likeness (QED) is 0.679. The minimum absolute atomic E-state index is 0.185. The van der Waals surface area contributed by atoms with Gasteiger partial charge in [0, 0.05) is 13.1 Å². The highest BCUT2D eigenvalue weighted by atomic mass is 32.2. The normalized spacial score (nSPS) is 38.8. The molecule has 0 radical (unpaired) electrons. The van der Waals surface area contributed by atoms with Crippen LogP contribution in [0, 0.1) is 5.92 Å². The molecule has 2 aliphatic rings. The maximum Gasteiger partial charge on any atom is 0.214 e. The lowest BCUT2D eigenvalue weighted by atomic mass is 9.82. The predicted octanol–water partition coefficient (Wildman–Crippen LogP) is -0.207. The van der Waals surface area contributed by atoms with E-state index in [1.807, 2.05) is 0 Å². The Labute approximate surface area is 78.6 Å². The summed E-state index contributed by atoms with van der Waals surface area (Å²) in [6.45, 7) is 1.30. The standard InChI is InChI=1S/C8H15NO3S/c10-8-4-7(5-8)6-9-2-1-3-13(9,11)12/h7-8,10H,1-6H2. The minimum Gasteiger partial charge on any atom is -0.393 e. The molecule has 0 aromatic carbocycles. The lowest BCUT2D eigenvalue weighted by molar-refractivity contribution is 0.0355. The van der Waals surface area contributed by atoms with Gasteiger partial charge in [0.1, 0.15) is 0 Å². The second-order valence-corrected chi connectivity index (χ2v) is 6.11. The van der Waals surface area contributed by atoms with Crippen molar-refractivity contribution in [1.82, 2.24) is 4.31 Å². The number of aliphatic hydroxyl groups excluding tert-OH is 1. The van der Waals surface area contributed by atoms with Crippen LogP contribution in [-0.4, -0.2) is 42.8 Å². The van der Waals surface area contributed by atoms with Gasteiger partial charge in [-0.3, -0.25) is 0 Å². The van der Waals surface area contributed by atoms with Crippen LogP contribution in [0.5, 0.6) is 0 Å². The highest BCUT2D eigenvalue weighted by Gasteiger charge is 2.34. The van der Waals surface area contributed by atoms with Gasteiger partial charge in [-0.05, 0) is 25.2 Å². The molecule has 1 heterocycles. The summed E-state index contributed by atoms with van der Waals surface area (Å²) in [7, 11) is -2.92. The Morgan fingerprint density at radius 2 is 2.08 bits per heavy atom.